The molecule has 1 fully saturated rings. The van der Waals surface area contributed by atoms with E-state index in [1.54, 1.807) is 0 Å². The predicted molar refractivity (Wildman–Crippen MR) is 70.2 cm³/mol. The first kappa shape index (κ1) is 14.8. The monoisotopic (exact) mass is 289 g/mol. The Morgan fingerprint density at radius 2 is 2.10 bits per heavy atom. The van der Waals surface area contributed by atoms with Gasteiger partial charge in [0.15, 0.2) is 5.69 Å². The van der Waals surface area contributed by atoms with Crippen LogP contribution in [0.2, 0.25) is 0 Å². The third-order valence-corrected chi connectivity index (χ3v) is 3.21. The Morgan fingerprint density at radius 1 is 1.40 bits per heavy atom. The van der Waals surface area contributed by atoms with Gasteiger partial charge in [-0.05, 0) is 19.4 Å². The zero-order chi connectivity index (χ0) is 14.8. The average Bonchev–Trinajstić information content (AvgIpc) is 3.17. The first-order chi connectivity index (χ1) is 9.40. The summed E-state index contributed by atoms with van der Waals surface area (Å²) in [5.74, 6) is -0.270. The minimum atomic E-state index is -4.52. The van der Waals surface area contributed by atoms with Crippen molar-refractivity contribution in [3.8, 4) is 0 Å². The summed E-state index contributed by atoms with van der Waals surface area (Å²) in [4.78, 5) is 9.26. The van der Waals surface area contributed by atoms with Crippen LogP contribution in [-0.2, 0) is 6.18 Å². The minimum absolute atomic E-state index is 0.108. The van der Waals surface area contributed by atoms with E-state index in [-0.39, 0.29) is 11.8 Å². The highest BCUT2D eigenvalue weighted by molar-refractivity contribution is 5.41. The molecule has 0 spiro atoms. The number of likely N-dealkylation sites (N-methyl/N-ethyl adjacent to an activating group) is 1. The number of nitrogens with zero attached hydrogens (tertiary/aromatic N) is 3. The smallest absolute Gasteiger partial charge is 0.369 e. The van der Waals surface area contributed by atoms with E-state index < -0.39 is 11.9 Å². The lowest BCUT2D eigenvalue weighted by molar-refractivity contribution is -0.141. The molecule has 20 heavy (non-hydrogen) atoms. The first-order valence-corrected chi connectivity index (χ1v) is 6.60. The lowest BCUT2D eigenvalue weighted by Crippen LogP contribution is -2.31. The lowest BCUT2D eigenvalue weighted by atomic mass is 10.3. The molecule has 5 nitrogen and oxygen atoms in total. The largest absolute Gasteiger partial charge is 0.433 e. The van der Waals surface area contributed by atoms with Crippen LogP contribution < -0.4 is 11.1 Å². The maximum Gasteiger partial charge on any atom is 0.433 e. The summed E-state index contributed by atoms with van der Waals surface area (Å²) >= 11 is 0. The normalized spacial score (nSPS) is 15.7. The van der Waals surface area contributed by atoms with Crippen molar-refractivity contribution in [3.63, 3.8) is 0 Å². The summed E-state index contributed by atoms with van der Waals surface area (Å²) in [5, 5.41) is 2.87. The Morgan fingerprint density at radius 3 is 2.65 bits per heavy atom. The van der Waals surface area contributed by atoms with Gasteiger partial charge in [-0.1, -0.05) is 6.92 Å². The van der Waals surface area contributed by atoms with Crippen molar-refractivity contribution in [1.82, 2.24) is 14.9 Å². The van der Waals surface area contributed by atoms with E-state index >= 15 is 0 Å². The van der Waals surface area contributed by atoms with Crippen LogP contribution in [0.3, 0.4) is 0 Å². The summed E-state index contributed by atoms with van der Waals surface area (Å²) in [6.07, 6.45) is -2.12. The molecule has 1 aromatic rings. The van der Waals surface area contributed by atoms with Crippen LogP contribution in [-0.4, -0.2) is 40.5 Å². The van der Waals surface area contributed by atoms with Crippen molar-refractivity contribution in [2.75, 3.05) is 30.7 Å². The van der Waals surface area contributed by atoms with E-state index in [4.69, 9.17) is 5.73 Å². The summed E-state index contributed by atoms with van der Waals surface area (Å²) in [6.45, 7) is 4.30. The molecule has 1 aliphatic rings. The predicted octanol–water partition coefficient (Wildman–Crippen LogP) is 1.97. The summed E-state index contributed by atoms with van der Waals surface area (Å²) in [7, 11) is 0. The Bertz CT molecular complexity index is 459. The second-order valence-corrected chi connectivity index (χ2v) is 4.78. The highest BCUT2D eigenvalue weighted by atomic mass is 19.4. The van der Waals surface area contributed by atoms with E-state index in [2.05, 4.69) is 27.1 Å². The van der Waals surface area contributed by atoms with Crippen LogP contribution in [0, 0.1) is 0 Å². The van der Waals surface area contributed by atoms with Gasteiger partial charge in [-0.3, -0.25) is 4.90 Å². The molecule has 8 heteroatoms. The van der Waals surface area contributed by atoms with Crippen LogP contribution in [0.4, 0.5) is 24.9 Å². The Labute approximate surface area is 115 Å². The highest BCUT2D eigenvalue weighted by Crippen LogP contribution is 2.29. The van der Waals surface area contributed by atoms with Gasteiger partial charge in [-0.2, -0.15) is 18.2 Å². The van der Waals surface area contributed by atoms with Crippen LogP contribution in [0.1, 0.15) is 25.5 Å². The van der Waals surface area contributed by atoms with Gasteiger partial charge in [0, 0.05) is 25.2 Å². The summed E-state index contributed by atoms with van der Waals surface area (Å²) in [6, 6.07) is 1.51. The van der Waals surface area contributed by atoms with E-state index in [1.807, 2.05) is 0 Å². The van der Waals surface area contributed by atoms with Gasteiger partial charge in [0.05, 0.1) is 0 Å². The molecular formula is C12H18F3N5. The molecule has 0 aliphatic heterocycles. The van der Waals surface area contributed by atoms with Gasteiger partial charge in [0.1, 0.15) is 5.82 Å². The van der Waals surface area contributed by atoms with Gasteiger partial charge < -0.3 is 11.1 Å². The number of halogens is 3. The third kappa shape index (κ3) is 3.96. The molecule has 0 unspecified atom stereocenters. The van der Waals surface area contributed by atoms with Gasteiger partial charge in [-0.15, -0.1) is 0 Å². The molecule has 0 bridgehead atoms. The van der Waals surface area contributed by atoms with Gasteiger partial charge in [-0.25, -0.2) is 4.98 Å². The first-order valence-electron chi connectivity index (χ1n) is 6.60. The topological polar surface area (TPSA) is 67.1 Å². The standard InChI is InChI=1S/C12H18F3N5/c1-2-20(8-3-4-8)6-5-17-10-7-9(12(13,14)15)18-11(16)19-10/h7-8H,2-6H2,1H3,(H3,16,17,18,19). The van der Waals surface area contributed by atoms with Crippen LogP contribution in [0.5, 0.6) is 0 Å². The molecule has 2 rings (SSSR count). The quantitative estimate of drug-likeness (QED) is 0.838. The number of hydrogen-bond donors (Lipinski definition) is 2. The lowest BCUT2D eigenvalue weighted by Gasteiger charge is -2.20. The minimum Gasteiger partial charge on any atom is -0.369 e. The average molecular weight is 289 g/mol. The second kappa shape index (κ2) is 5.82. The van der Waals surface area contributed by atoms with Crippen LogP contribution in [0.25, 0.3) is 0 Å². The fourth-order valence-electron chi connectivity index (χ4n) is 2.07. The molecule has 112 valence electrons. The number of alkyl halides is 3. The van der Waals surface area contributed by atoms with Gasteiger partial charge >= 0.3 is 6.18 Å². The van der Waals surface area contributed by atoms with Crippen molar-refractivity contribution in [3.05, 3.63) is 11.8 Å². The molecule has 3 N–H and O–H groups in total. The van der Waals surface area contributed by atoms with Crippen molar-refractivity contribution in [2.24, 2.45) is 0 Å². The Balaban J connectivity index is 1.93. The fraction of sp³-hybridized carbons (Fsp3) is 0.667. The van der Waals surface area contributed by atoms with Crippen molar-refractivity contribution >= 4 is 11.8 Å². The Kier molecular flexibility index (Phi) is 4.32. The number of nitrogens with one attached hydrogen (secondary N) is 1. The fourth-order valence-corrected chi connectivity index (χ4v) is 2.07. The molecule has 0 radical (unpaired) electrons. The molecule has 1 heterocycles. The van der Waals surface area contributed by atoms with Gasteiger partial charge in [0.2, 0.25) is 5.95 Å². The van der Waals surface area contributed by atoms with Crippen LogP contribution in [0.15, 0.2) is 6.07 Å². The summed E-state index contributed by atoms with van der Waals surface area (Å²) in [5.41, 5.74) is 4.27. The number of rotatable bonds is 6. The molecule has 0 atom stereocenters. The van der Waals surface area contributed by atoms with E-state index in [0.29, 0.717) is 12.6 Å². The molecule has 0 saturated heterocycles. The zero-order valence-electron chi connectivity index (χ0n) is 11.2. The maximum absolute atomic E-state index is 12.6. The number of nitrogen functional groups attached to an aromatic ring is 1. The molecule has 0 aromatic carbocycles. The molecule has 0 amide bonds. The molecular weight excluding hydrogens is 271 g/mol. The van der Waals surface area contributed by atoms with E-state index in [9.17, 15) is 13.2 Å². The van der Waals surface area contributed by atoms with Crippen LogP contribution >= 0.6 is 0 Å². The van der Waals surface area contributed by atoms with Crippen molar-refractivity contribution in [1.29, 1.82) is 0 Å². The Hall–Kier alpha value is -1.57. The van der Waals surface area contributed by atoms with Crippen molar-refractivity contribution in [2.45, 2.75) is 32.0 Å². The SMILES string of the molecule is CCN(CCNc1cc(C(F)(F)F)nc(N)n1)C1CC1. The molecule has 1 aliphatic carbocycles. The number of nitrogens with two attached hydrogens (primary N) is 1. The molecule has 1 aromatic heterocycles. The zero-order valence-corrected chi connectivity index (χ0v) is 11.2. The maximum atomic E-state index is 12.6. The van der Waals surface area contributed by atoms with Gasteiger partial charge in [0.25, 0.3) is 0 Å². The number of anilines is 2. The number of aromatic nitrogens is 2. The molecule has 1 saturated carbocycles. The van der Waals surface area contributed by atoms with E-state index in [0.717, 1.165) is 19.2 Å². The third-order valence-electron chi connectivity index (χ3n) is 3.21. The van der Waals surface area contributed by atoms with Crippen molar-refractivity contribution < 1.29 is 13.2 Å². The van der Waals surface area contributed by atoms with E-state index in [1.165, 1.54) is 12.8 Å². The second-order valence-electron chi connectivity index (χ2n) is 4.78. The number of hydrogen-bond acceptors (Lipinski definition) is 5. The summed E-state index contributed by atoms with van der Waals surface area (Å²) < 4.78 is 37.8. The highest BCUT2D eigenvalue weighted by Gasteiger charge is 2.33.